The molecule has 2 N–H and O–H groups in total. The number of phenolic OH excluding ortho intramolecular Hbond substituents is 1. The van der Waals surface area contributed by atoms with Crippen LogP contribution in [0.4, 0.5) is 0 Å². The summed E-state index contributed by atoms with van der Waals surface area (Å²) < 4.78 is 17.9. The van der Waals surface area contributed by atoms with Crippen LogP contribution < -0.4 is 9.47 Å². The second kappa shape index (κ2) is 16.3. The number of rotatable bonds is 8. The Morgan fingerprint density at radius 2 is 1.78 bits per heavy atom. The van der Waals surface area contributed by atoms with Crippen molar-refractivity contribution in [3.8, 4) is 29.3 Å². The van der Waals surface area contributed by atoms with Gasteiger partial charge in [0.1, 0.15) is 36.1 Å². The molecule has 3 atom stereocenters. The Labute approximate surface area is 289 Å². The molecule has 0 aromatic heterocycles. The number of aliphatic hydroxyl groups excluding tert-OH is 1. The molecule has 0 spiro atoms. The smallest absolute Gasteiger partial charge is 0.161 e. The Bertz CT molecular complexity index is 1880. The topological polar surface area (TPSA) is 85.2 Å². The van der Waals surface area contributed by atoms with Gasteiger partial charge in [-0.1, -0.05) is 73.0 Å². The van der Waals surface area contributed by atoms with E-state index < -0.39 is 6.10 Å². The Kier molecular flexibility index (Phi) is 11.2. The number of methoxy groups -OCH3 is 1. The normalized spacial score (nSPS) is 19.5. The highest BCUT2D eigenvalue weighted by molar-refractivity contribution is 5.88. The Hall–Kier alpha value is -5.15. The van der Waals surface area contributed by atoms with Gasteiger partial charge in [-0.25, -0.2) is 0 Å². The highest BCUT2D eigenvalue weighted by Gasteiger charge is 2.27. The molecule has 0 amide bonds. The molecule has 1 aliphatic carbocycles. The fourth-order valence-corrected chi connectivity index (χ4v) is 6.89. The van der Waals surface area contributed by atoms with Gasteiger partial charge in [0.15, 0.2) is 11.5 Å². The minimum absolute atomic E-state index is 0.0144. The maximum atomic E-state index is 13.4. The van der Waals surface area contributed by atoms with Crippen LogP contribution in [0.3, 0.4) is 0 Å². The third-order valence-electron chi connectivity index (χ3n) is 9.58. The van der Waals surface area contributed by atoms with E-state index in [1.807, 2.05) is 48.5 Å². The fraction of sp³-hybridized carbons (Fsp3) is 0.326. The summed E-state index contributed by atoms with van der Waals surface area (Å²) in [5.41, 5.74) is 4.03. The molecule has 7 rings (SSSR count). The van der Waals surface area contributed by atoms with Crippen molar-refractivity contribution in [2.45, 2.75) is 70.5 Å². The minimum atomic E-state index is -0.451. The van der Waals surface area contributed by atoms with E-state index in [2.05, 4.69) is 48.4 Å². The van der Waals surface area contributed by atoms with Crippen LogP contribution in [0.25, 0.3) is 10.8 Å². The molecule has 2 heterocycles. The van der Waals surface area contributed by atoms with Crippen LogP contribution in [0, 0.1) is 23.9 Å². The molecule has 0 saturated carbocycles. The molecular formula is C43H44O6. The van der Waals surface area contributed by atoms with E-state index in [0.717, 1.165) is 53.1 Å². The van der Waals surface area contributed by atoms with Crippen molar-refractivity contribution in [2.24, 2.45) is 11.8 Å². The summed E-state index contributed by atoms with van der Waals surface area (Å²) in [5.74, 6) is 5.10. The highest BCUT2D eigenvalue weighted by atomic mass is 16.5. The quantitative estimate of drug-likeness (QED) is 0.146. The van der Waals surface area contributed by atoms with Crippen LogP contribution in [-0.2, 0) is 35.4 Å². The van der Waals surface area contributed by atoms with Gasteiger partial charge in [0, 0.05) is 24.8 Å². The zero-order chi connectivity index (χ0) is 34.0. The molecule has 6 heteroatoms. The summed E-state index contributed by atoms with van der Waals surface area (Å²) >= 11 is 0. The van der Waals surface area contributed by atoms with Crippen molar-refractivity contribution in [3.63, 3.8) is 0 Å². The number of carbonyl (C=O) groups is 1. The van der Waals surface area contributed by atoms with E-state index in [0.29, 0.717) is 43.8 Å². The molecule has 0 radical (unpaired) electrons. The number of benzene rings is 4. The molecular weight excluding hydrogens is 612 g/mol. The SMILES string of the molecule is COc1ccc2cc1OCc1ccc3c(c(O)ccc3c1)CC#CO[C@@H](C[C@@H]1C=C(O)C=C[C@H]1CCCCc1ccccc1)CC(=O)CC2. The number of fused-ring (bicyclic) bond motifs is 9. The van der Waals surface area contributed by atoms with Crippen molar-refractivity contribution in [1.82, 2.24) is 0 Å². The summed E-state index contributed by atoms with van der Waals surface area (Å²) in [6, 6.07) is 25.9. The zero-order valence-corrected chi connectivity index (χ0v) is 28.1. The van der Waals surface area contributed by atoms with E-state index in [4.69, 9.17) is 14.2 Å². The number of aliphatic hydroxyl groups is 1. The lowest BCUT2D eigenvalue weighted by atomic mass is 9.80. The summed E-state index contributed by atoms with van der Waals surface area (Å²) in [6.07, 6.45) is 14.3. The number of carbonyl (C=O) groups excluding carboxylic acids is 1. The predicted molar refractivity (Wildman–Crippen MR) is 193 cm³/mol. The molecule has 3 aliphatic rings. The number of unbranched alkanes of at least 4 members (excludes halogenated alkanes) is 1. The summed E-state index contributed by atoms with van der Waals surface area (Å²) in [4.78, 5) is 13.4. The van der Waals surface area contributed by atoms with Crippen molar-refractivity contribution < 1.29 is 29.2 Å². The van der Waals surface area contributed by atoms with Crippen LogP contribution in [0.15, 0.2) is 103 Å². The lowest BCUT2D eigenvalue weighted by Crippen LogP contribution is -2.24. The Morgan fingerprint density at radius 1 is 0.918 bits per heavy atom. The summed E-state index contributed by atoms with van der Waals surface area (Å²) in [6.45, 7) is 0.342. The molecule has 49 heavy (non-hydrogen) atoms. The van der Waals surface area contributed by atoms with E-state index in [-0.39, 0.29) is 35.5 Å². The first kappa shape index (κ1) is 33.7. The first-order valence-corrected chi connectivity index (χ1v) is 17.3. The predicted octanol–water partition coefficient (Wildman–Crippen LogP) is 8.97. The van der Waals surface area contributed by atoms with Gasteiger partial charge in [0.05, 0.1) is 7.11 Å². The molecule has 4 aromatic carbocycles. The minimum Gasteiger partial charge on any atom is -0.508 e. The maximum Gasteiger partial charge on any atom is 0.161 e. The van der Waals surface area contributed by atoms with Gasteiger partial charge in [0.2, 0.25) is 0 Å². The first-order valence-electron chi connectivity index (χ1n) is 17.3. The molecule has 0 saturated heterocycles. The van der Waals surface area contributed by atoms with Crippen LogP contribution in [-0.4, -0.2) is 29.2 Å². The summed E-state index contributed by atoms with van der Waals surface area (Å²) in [5, 5.41) is 23.1. The zero-order valence-electron chi connectivity index (χ0n) is 28.1. The molecule has 4 aromatic rings. The largest absolute Gasteiger partial charge is 0.508 e. The fourth-order valence-electron chi connectivity index (χ4n) is 6.89. The van der Waals surface area contributed by atoms with Crippen LogP contribution in [0.2, 0.25) is 0 Å². The van der Waals surface area contributed by atoms with Gasteiger partial charge in [0.25, 0.3) is 0 Å². The number of allylic oxidation sites excluding steroid dienone is 3. The molecule has 6 nitrogen and oxygen atoms in total. The Balaban J connectivity index is 1.22. The van der Waals surface area contributed by atoms with E-state index in [1.165, 1.54) is 5.56 Å². The number of ether oxygens (including phenoxy) is 3. The molecule has 2 aliphatic heterocycles. The van der Waals surface area contributed by atoms with Gasteiger partial charge in [-0.3, -0.25) is 4.79 Å². The standard InChI is InChI=1S/C43H44O6/c1-47-42-22-15-31-13-18-37(45)28-38(27-35-26-36(44)19-16-33(35)11-6-5-10-30-8-3-2-4-9-30)48-23-7-12-40-39-20-14-32(29-49-43(42)25-31)24-34(39)17-21-41(40)46/h2-4,8-9,14-17,19-22,24-26,33,35,38,44,46H,5-6,10-13,18,27-29H2,1H3/t33-,35+,38+/m1/s1. The monoisotopic (exact) mass is 656 g/mol. The first-order chi connectivity index (χ1) is 23.9. The second-order valence-electron chi connectivity index (χ2n) is 13.1. The van der Waals surface area contributed by atoms with Crippen LogP contribution in [0.1, 0.15) is 60.8 Å². The van der Waals surface area contributed by atoms with Gasteiger partial charge in [-0.2, -0.15) is 0 Å². The van der Waals surface area contributed by atoms with E-state index in [1.54, 1.807) is 19.3 Å². The number of ketones is 1. The van der Waals surface area contributed by atoms with Crippen molar-refractivity contribution >= 4 is 16.6 Å². The number of aryl methyl sites for hydroxylation is 2. The number of hydrogen-bond acceptors (Lipinski definition) is 6. The molecule has 0 fully saturated rings. The van der Waals surface area contributed by atoms with Gasteiger partial charge in [-0.05, 0) is 108 Å². The lowest BCUT2D eigenvalue weighted by Gasteiger charge is -2.28. The number of phenols is 1. The Morgan fingerprint density at radius 3 is 2.63 bits per heavy atom. The average molecular weight is 657 g/mol. The number of aromatic hydroxyl groups is 1. The molecule has 252 valence electrons. The number of Topliss-reactive ketones (excluding diaryl/α,β-unsaturated/α-hetero) is 1. The van der Waals surface area contributed by atoms with Crippen molar-refractivity contribution in [1.29, 1.82) is 0 Å². The van der Waals surface area contributed by atoms with Crippen molar-refractivity contribution in [2.75, 3.05) is 7.11 Å². The molecule has 6 bridgehead atoms. The van der Waals surface area contributed by atoms with Gasteiger partial charge < -0.3 is 24.4 Å². The summed E-state index contributed by atoms with van der Waals surface area (Å²) in [7, 11) is 1.62. The maximum absolute atomic E-state index is 13.4. The highest BCUT2D eigenvalue weighted by Crippen LogP contribution is 2.34. The van der Waals surface area contributed by atoms with E-state index in [9.17, 15) is 15.0 Å². The van der Waals surface area contributed by atoms with Crippen LogP contribution in [0.5, 0.6) is 17.2 Å². The van der Waals surface area contributed by atoms with E-state index >= 15 is 0 Å². The van der Waals surface area contributed by atoms with Gasteiger partial charge >= 0.3 is 0 Å². The number of hydrogen-bond donors (Lipinski definition) is 2. The molecule has 0 unspecified atom stereocenters. The third-order valence-corrected chi connectivity index (χ3v) is 9.58. The third kappa shape index (κ3) is 9.06. The lowest BCUT2D eigenvalue weighted by molar-refractivity contribution is -0.121. The average Bonchev–Trinajstić information content (AvgIpc) is 3.11. The second-order valence-corrected chi connectivity index (χ2v) is 13.1. The van der Waals surface area contributed by atoms with Gasteiger partial charge in [-0.15, -0.1) is 0 Å². The van der Waals surface area contributed by atoms with Crippen LogP contribution >= 0.6 is 0 Å². The van der Waals surface area contributed by atoms with Crippen molar-refractivity contribution in [3.05, 3.63) is 125 Å².